The summed E-state index contributed by atoms with van der Waals surface area (Å²) in [5.74, 6) is -1.34. The van der Waals surface area contributed by atoms with Gasteiger partial charge in [0.15, 0.2) is 11.9 Å². The van der Waals surface area contributed by atoms with Crippen LogP contribution in [0.2, 0.25) is 10.2 Å². The first-order chi connectivity index (χ1) is 11.8. The Morgan fingerprint density at radius 2 is 1.76 bits per heavy atom. The van der Waals surface area contributed by atoms with Crippen molar-refractivity contribution in [2.45, 2.75) is 20.0 Å². The van der Waals surface area contributed by atoms with E-state index in [2.05, 4.69) is 10.3 Å². The van der Waals surface area contributed by atoms with Gasteiger partial charge in [-0.25, -0.2) is 9.78 Å². The minimum atomic E-state index is -1.05. The van der Waals surface area contributed by atoms with E-state index >= 15 is 0 Å². The summed E-state index contributed by atoms with van der Waals surface area (Å²) in [4.78, 5) is 39.1. The molecule has 2 rings (SSSR count). The number of Topliss-reactive ketones (excluding diaryl/α,β-unsaturated/α-hetero) is 1. The Hall–Kier alpha value is -2.44. The molecule has 0 aliphatic carbocycles. The highest BCUT2D eigenvalue weighted by molar-refractivity contribution is 6.41. The van der Waals surface area contributed by atoms with Crippen LogP contribution < -0.4 is 5.32 Å². The molecule has 0 saturated heterocycles. The lowest BCUT2D eigenvalue weighted by Crippen LogP contribution is -2.30. The number of esters is 1. The Bertz CT molecular complexity index is 822. The number of ketones is 1. The highest BCUT2D eigenvalue weighted by Crippen LogP contribution is 2.20. The Morgan fingerprint density at radius 3 is 2.32 bits per heavy atom. The van der Waals surface area contributed by atoms with Crippen LogP contribution in [-0.2, 0) is 9.53 Å². The highest BCUT2D eigenvalue weighted by Gasteiger charge is 2.20. The predicted molar refractivity (Wildman–Crippen MR) is 94.2 cm³/mol. The van der Waals surface area contributed by atoms with Crippen LogP contribution >= 0.6 is 23.2 Å². The number of ether oxygens (including phenoxy) is 1. The molecule has 0 aliphatic rings. The number of anilines is 1. The summed E-state index contributed by atoms with van der Waals surface area (Å²) in [6.45, 7) is 2.88. The Kier molecular flexibility index (Phi) is 6.12. The number of hydrogen-bond donors (Lipinski definition) is 1. The van der Waals surface area contributed by atoms with Crippen molar-refractivity contribution in [2.24, 2.45) is 0 Å². The van der Waals surface area contributed by atoms with E-state index in [1.165, 1.54) is 26.1 Å². The van der Waals surface area contributed by atoms with Crippen molar-refractivity contribution in [1.29, 1.82) is 0 Å². The summed E-state index contributed by atoms with van der Waals surface area (Å²) in [7, 11) is 0. The first kappa shape index (κ1) is 18.9. The number of halogens is 2. The van der Waals surface area contributed by atoms with Crippen LogP contribution in [0.1, 0.15) is 34.6 Å². The average molecular weight is 381 g/mol. The predicted octanol–water partition coefficient (Wildman–Crippen LogP) is 3.78. The van der Waals surface area contributed by atoms with Gasteiger partial charge in [0.2, 0.25) is 0 Å². The highest BCUT2D eigenvalue weighted by atomic mass is 35.5. The molecule has 130 valence electrons. The quantitative estimate of drug-likeness (QED) is 0.484. The normalized spacial score (nSPS) is 11.5. The third-order valence-electron chi connectivity index (χ3n) is 3.24. The lowest BCUT2D eigenvalue weighted by atomic mass is 10.1. The van der Waals surface area contributed by atoms with Crippen molar-refractivity contribution >= 4 is 46.5 Å². The zero-order valence-corrected chi connectivity index (χ0v) is 14.9. The van der Waals surface area contributed by atoms with Crippen LogP contribution in [0.5, 0.6) is 0 Å². The van der Waals surface area contributed by atoms with Crippen LogP contribution in [0.4, 0.5) is 5.69 Å². The summed E-state index contributed by atoms with van der Waals surface area (Å²) in [6.07, 6.45) is 0.163. The SMILES string of the molecule is CC(=O)c1ccc(NC(=O)[C@@H](C)OC(=O)c2cnc(Cl)c(Cl)c2)cc1. The second-order valence-corrected chi connectivity index (χ2v) is 5.93. The van der Waals surface area contributed by atoms with Crippen LogP contribution in [0.15, 0.2) is 36.5 Å². The van der Waals surface area contributed by atoms with Gasteiger partial charge in [0.25, 0.3) is 5.91 Å². The molecule has 0 fully saturated rings. The number of pyridine rings is 1. The fourth-order valence-corrected chi connectivity index (χ4v) is 2.12. The van der Waals surface area contributed by atoms with E-state index in [0.29, 0.717) is 11.3 Å². The van der Waals surface area contributed by atoms with E-state index in [4.69, 9.17) is 27.9 Å². The molecule has 0 spiro atoms. The standard InChI is InChI=1S/C17H14Cl2N2O4/c1-9(22)11-3-5-13(6-4-11)21-16(23)10(2)25-17(24)12-7-14(18)15(19)20-8-12/h3-8,10H,1-2H3,(H,21,23)/t10-/m1/s1. The Morgan fingerprint density at radius 1 is 1.12 bits per heavy atom. The Balaban J connectivity index is 1.98. The smallest absolute Gasteiger partial charge is 0.340 e. The third kappa shape index (κ3) is 5.01. The molecule has 0 radical (unpaired) electrons. The molecule has 1 heterocycles. The number of carbonyl (C=O) groups is 3. The topological polar surface area (TPSA) is 85.4 Å². The van der Waals surface area contributed by atoms with Gasteiger partial charge < -0.3 is 10.1 Å². The second-order valence-electron chi connectivity index (χ2n) is 5.17. The molecule has 0 saturated carbocycles. The summed E-state index contributed by atoms with van der Waals surface area (Å²) in [5, 5.41) is 2.77. The number of amides is 1. The average Bonchev–Trinajstić information content (AvgIpc) is 2.57. The van der Waals surface area contributed by atoms with E-state index in [9.17, 15) is 14.4 Å². The summed E-state index contributed by atoms with van der Waals surface area (Å²) in [5.41, 5.74) is 1.10. The fourth-order valence-electron chi connectivity index (χ4n) is 1.85. The molecule has 1 amide bonds. The number of hydrogen-bond acceptors (Lipinski definition) is 5. The number of nitrogens with zero attached hydrogens (tertiary/aromatic N) is 1. The number of benzene rings is 1. The van der Waals surface area contributed by atoms with Crippen molar-refractivity contribution in [3.8, 4) is 0 Å². The fraction of sp³-hybridized carbons (Fsp3) is 0.176. The van der Waals surface area contributed by atoms with Gasteiger partial charge in [0.05, 0.1) is 10.6 Å². The maximum atomic E-state index is 12.1. The van der Waals surface area contributed by atoms with E-state index < -0.39 is 18.0 Å². The monoisotopic (exact) mass is 380 g/mol. The zero-order valence-electron chi connectivity index (χ0n) is 13.4. The first-order valence-corrected chi connectivity index (χ1v) is 7.97. The first-order valence-electron chi connectivity index (χ1n) is 7.22. The summed E-state index contributed by atoms with van der Waals surface area (Å²) < 4.78 is 5.08. The molecule has 1 atom stereocenters. The second kappa shape index (κ2) is 8.09. The van der Waals surface area contributed by atoms with Crippen LogP contribution in [0.25, 0.3) is 0 Å². The van der Waals surface area contributed by atoms with E-state index in [-0.39, 0.29) is 21.5 Å². The summed E-state index contributed by atoms with van der Waals surface area (Å²) >= 11 is 11.5. The van der Waals surface area contributed by atoms with Crippen LogP contribution in [0.3, 0.4) is 0 Å². The maximum Gasteiger partial charge on any atom is 0.340 e. The van der Waals surface area contributed by atoms with Gasteiger partial charge in [-0.15, -0.1) is 0 Å². The number of carbonyl (C=O) groups excluding carboxylic acids is 3. The van der Waals surface area contributed by atoms with Gasteiger partial charge in [0, 0.05) is 17.4 Å². The molecule has 2 aromatic rings. The number of nitrogens with one attached hydrogen (secondary N) is 1. The van der Waals surface area contributed by atoms with Crippen molar-refractivity contribution < 1.29 is 19.1 Å². The van der Waals surface area contributed by atoms with Gasteiger partial charge in [0.1, 0.15) is 5.15 Å². The molecule has 1 aromatic heterocycles. The zero-order chi connectivity index (χ0) is 18.6. The van der Waals surface area contributed by atoms with Gasteiger partial charge in [-0.05, 0) is 44.2 Å². The molecular weight excluding hydrogens is 367 g/mol. The van der Waals surface area contributed by atoms with Crippen LogP contribution in [0, 0.1) is 0 Å². The molecular formula is C17H14Cl2N2O4. The number of rotatable bonds is 5. The molecule has 1 N–H and O–H groups in total. The molecule has 25 heavy (non-hydrogen) atoms. The third-order valence-corrected chi connectivity index (χ3v) is 3.93. The molecule has 1 aromatic carbocycles. The van der Waals surface area contributed by atoms with Gasteiger partial charge in [-0.1, -0.05) is 23.2 Å². The van der Waals surface area contributed by atoms with Gasteiger partial charge >= 0.3 is 5.97 Å². The lowest BCUT2D eigenvalue weighted by molar-refractivity contribution is -0.123. The van der Waals surface area contributed by atoms with E-state index in [0.717, 1.165) is 0 Å². The Labute approximate surface area is 154 Å². The number of aromatic nitrogens is 1. The molecule has 6 nitrogen and oxygen atoms in total. The summed E-state index contributed by atoms with van der Waals surface area (Å²) in [6, 6.07) is 7.68. The van der Waals surface area contributed by atoms with Gasteiger partial charge in [-0.3, -0.25) is 9.59 Å². The molecule has 0 bridgehead atoms. The van der Waals surface area contributed by atoms with Crippen molar-refractivity contribution in [3.05, 3.63) is 57.8 Å². The minimum Gasteiger partial charge on any atom is -0.449 e. The van der Waals surface area contributed by atoms with Gasteiger partial charge in [-0.2, -0.15) is 0 Å². The minimum absolute atomic E-state index is 0.0676. The van der Waals surface area contributed by atoms with Crippen molar-refractivity contribution in [2.75, 3.05) is 5.32 Å². The molecule has 0 aliphatic heterocycles. The largest absolute Gasteiger partial charge is 0.449 e. The van der Waals surface area contributed by atoms with E-state index in [1.807, 2.05) is 0 Å². The van der Waals surface area contributed by atoms with Crippen LogP contribution in [-0.4, -0.2) is 28.7 Å². The van der Waals surface area contributed by atoms with Crippen molar-refractivity contribution in [3.63, 3.8) is 0 Å². The lowest BCUT2D eigenvalue weighted by Gasteiger charge is -2.13. The van der Waals surface area contributed by atoms with Crippen molar-refractivity contribution in [1.82, 2.24) is 4.98 Å². The molecule has 0 unspecified atom stereocenters. The van der Waals surface area contributed by atoms with E-state index in [1.54, 1.807) is 24.3 Å². The molecule has 8 heteroatoms. The maximum absolute atomic E-state index is 12.1.